The van der Waals surface area contributed by atoms with E-state index < -0.39 is 34.9 Å². The maximum absolute atomic E-state index is 13.0. The van der Waals surface area contributed by atoms with Gasteiger partial charge < -0.3 is 27.1 Å². The Hall–Kier alpha value is -2.50. The number of hydrogen-bond acceptors (Lipinski definition) is 13. The molecule has 4 heterocycles. The fourth-order valence-corrected chi connectivity index (χ4v) is 8.51. The molecule has 17 heteroatoms. The largest absolute Gasteiger partial charge is 0.477 e. The smallest absolute Gasteiger partial charge is 0.353 e. The number of thioether (sulfide) groups is 3. The molecule has 196 valence electrons. The van der Waals surface area contributed by atoms with Crippen molar-refractivity contribution >= 4 is 87.5 Å². The highest BCUT2D eigenvalue weighted by atomic mass is 35.5. The van der Waals surface area contributed by atoms with Crippen molar-refractivity contribution in [2.24, 2.45) is 10.9 Å². The van der Waals surface area contributed by atoms with Crippen LogP contribution < -0.4 is 16.8 Å². The maximum Gasteiger partial charge on any atom is 0.353 e. The summed E-state index contributed by atoms with van der Waals surface area (Å²) >= 11 is 11.5. The zero-order chi connectivity index (χ0) is 26.7. The number of rotatable bonds is 10. The highest BCUT2D eigenvalue weighted by Gasteiger charge is 2.54. The number of anilines is 1. The van der Waals surface area contributed by atoms with Crippen molar-refractivity contribution in [1.29, 1.82) is 0 Å². The molecular formula is C20H20ClN7O5S4. The van der Waals surface area contributed by atoms with Gasteiger partial charge in [-0.1, -0.05) is 45.9 Å². The van der Waals surface area contributed by atoms with E-state index in [2.05, 4.69) is 20.4 Å². The molecule has 0 spiro atoms. The normalized spacial score (nSPS) is 19.5. The minimum atomic E-state index is -1.26. The number of carbonyl (C=O) groups is 3. The number of carboxylic acids is 1. The zero-order valence-electron chi connectivity index (χ0n) is 18.8. The molecule has 0 saturated carbocycles. The van der Waals surface area contributed by atoms with E-state index in [1.165, 1.54) is 53.1 Å². The number of β-lactam (4-membered cyclic amide) rings is 1. The SMILES string of the molecule is NCCSCc1nc(Cl)sc1SC1=C(C(=O)O)N2C(=O)C(NC(=O)/C(=N\O)c3cccc(N)n3)C2SC1. The van der Waals surface area contributed by atoms with Crippen LogP contribution in [-0.4, -0.2) is 78.1 Å². The lowest BCUT2D eigenvalue weighted by molar-refractivity contribution is -0.150. The molecule has 0 aromatic carbocycles. The van der Waals surface area contributed by atoms with Gasteiger partial charge in [0.1, 0.15) is 28.6 Å². The van der Waals surface area contributed by atoms with Gasteiger partial charge in [-0.05, 0) is 12.1 Å². The Labute approximate surface area is 232 Å². The van der Waals surface area contributed by atoms with Gasteiger partial charge in [-0.2, -0.15) is 11.8 Å². The molecule has 0 bridgehead atoms. The van der Waals surface area contributed by atoms with E-state index in [1.54, 1.807) is 11.8 Å². The summed E-state index contributed by atoms with van der Waals surface area (Å²) in [5.74, 6) is -0.991. The van der Waals surface area contributed by atoms with Crippen LogP contribution in [0.5, 0.6) is 0 Å². The molecule has 2 aliphatic heterocycles. The van der Waals surface area contributed by atoms with Crippen LogP contribution in [-0.2, 0) is 20.1 Å². The first-order valence-electron chi connectivity index (χ1n) is 10.5. The number of fused-ring (bicyclic) bond motifs is 1. The number of nitrogen functional groups attached to an aromatic ring is 1. The number of hydrogen-bond donors (Lipinski definition) is 5. The molecule has 1 fully saturated rings. The Kier molecular flexibility index (Phi) is 8.86. The third-order valence-corrected chi connectivity index (χ3v) is 10.1. The van der Waals surface area contributed by atoms with E-state index in [4.69, 9.17) is 23.1 Å². The molecular weight excluding hydrogens is 582 g/mol. The minimum absolute atomic E-state index is 0.0216. The van der Waals surface area contributed by atoms with Gasteiger partial charge in [0.25, 0.3) is 11.8 Å². The second kappa shape index (κ2) is 11.9. The number of aliphatic carboxylic acids is 1. The van der Waals surface area contributed by atoms with Crippen LogP contribution in [0.4, 0.5) is 5.82 Å². The summed E-state index contributed by atoms with van der Waals surface area (Å²) in [6, 6.07) is 3.45. The number of oxime groups is 1. The molecule has 0 radical (unpaired) electrons. The number of halogens is 1. The number of thiazole rings is 1. The van der Waals surface area contributed by atoms with Gasteiger partial charge in [0.05, 0.1) is 9.90 Å². The Morgan fingerprint density at radius 3 is 2.81 bits per heavy atom. The van der Waals surface area contributed by atoms with Crippen molar-refractivity contribution in [3.05, 3.63) is 44.7 Å². The standard InChI is InChI=1S/C20H20ClN7O5S4/c21-20-25-9(6-34-5-4-22)19(37-20)36-10-7-35-17-13(16(30)28(17)14(10)18(31)32)26-15(29)12(27-33)8-2-1-3-11(23)24-8/h1-3,13,17,33H,4-7,22H2,(H2,23,24)(H,26,29)(H,31,32)/b27-12-. The lowest BCUT2D eigenvalue weighted by Gasteiger charge is -2.49. The van der Waals surface area contributed by atoms with Crippen molar-refractivity contribution in [3.63, 3.8) is 0 Å². The van der Waals surface area contributed by atoms with Gasteiger partial charge in [0.2, 0.25) is 0 Å². The second-order valence-corrected chi connectivity index (χ2v) is 12.6. The molecule has 37 heavy (non-hydrogen) atoms. The van der Waals surface area contributed by atoms with Gasteiger partial charge in [-0.3, -0.25) is 14.5 Å². The molecule has 2 aromatic rings. The number of amides is 2. The number of nitrogens with zero attached hydrogens (tertiary/aromatic N) is 4. The van der Waals surface area contributed by atoms with Gasteiger partial charge in [-0.15, -0.1) is 11.8 Å². The summed E-state index contributed by atoms with van der Waals surface area (Å²) in [6.07, 6.45) is 0. The van der Waals surface area contributed by atoms with E-state index in [0.717, 1.165) is 20.6 Å². The van der Waals surface area contributed by atoms with Crippen molar-refractivity contribution in [2.75, 3.05) is 23.8 Å². The van der Waals surface area contributed by atoms with Gasteiger partial charge in [-0.25, -0.2) is 14.8 Å². The fraction of sp³-hybridized carbons (Fsp3) is 0.300. The summed E-state index contributed by atoms with van der Waals surface area (Å²) in [7, 11) is 0. The molecule has 2 aromatic heterocycles. The first-order valence-corrected chi connectivity index (χ1v) is 14.7. The number of nitrogens with one attached hydrogen (secondary N) is 1. The van der Waals surface area contributed by atoms with Crippen LogP contribution in [0.2, 0.25) is 4.47 Å². The molecule has 2 atom stereocenters. The Morgan fingerprint density at radius 1 is 1.35 bits per heavy atom. The average molecular weight is 602 g/mol. The van der Waals surface area contributed by atoms with Crippen molar-refractivity contribution in [3.8, 4) is 0 Å². The number of carbonyl (C=O) groups excluding carboxylic acids is 2. The highest BCUT2D eigenvalue weighted by Crippen LogP contribution is 2.47. The van der Waals surface area contributed by atoms with Crippen molar-refractivity contribution in [2.45, 2.75) is 21.4 Å². The van der Waals surface area contributed by atoms with Crippen LogP contribution in [0.3, 0.4) is 0 Å². The van der Waals surface area contributed by atoms with Crippen molar-refractivity contribution < 1.29 is 24.7 Å². The van der Waals surface area contributed by atoms with E-state index in [-0.39, 0.29) is 23.0 Å². The number of aromatic nitrogens is 2. The minimum Gasteiger partial charge on any atom is -0.477 e. The van der Waals surface area contributed by atoms with E-state index in [1.807, 2.05) is 0 Å². The molecule has 4 rings (SSSR count). The molecule has 2 unspecified atom stereocenters. The molecule has 7 N–H and O–H groups in total. The lowest BCUT2D eigenvalue weighted by atomic mass is 10.0. The number of nitrogens with two attached hydrogens (primary N) is 2. The molecule has 12 nitrogen and oxygen atoms in total. The number of carboxylic acid groups (broad SMARTS) is 1. The third kappa shape index (κ3) is 5.83. The Morgan fingerprint density at radius 2 is 2.14 bits per heavy atom. The molecule has 2 amide bonds. The fourth-order valence-electron chi connectivity index (χ4n) is 3.52. The monoisotopic (exact) mass is 601 g/mol. The first-order chi connectivity index (χ1) is 17.7. The highest BCUT2D eigenvalue weighted by molar-refractivity contribution is 8.07. The average Bonchev–Trinajstić information content (AvgIpc) is 3.21. The molecule has 1 saturated heterocycles. The van der Waals surface area contributed by atoms with Crippen LogP contribution >= 0.6 is 58.2 Å². The van der Waals surface area contributed by atoms with Gasteiger partial charge in [0.15, 0.2) is 10.2 Å². The topological polar surface area (TPSA) is 197 Å². The summed E-state index contributed by atoms with van der Waals surface area (Å²) < 4.78 is 1.09. The van der Waals surface area contributed by atoms with Crippen LogP contribution in [0.1, 0.15) is 11.4 Å². The van der Waals surface area contributed by atoms with Gasteiger partial charge >= 0.3 is 5.97 Å². The Balaban J connectivity index is 1.52. The van der Waals surface area contributed by atoms with E-state index in [9.17, 15) is 24.7 Å². The second-order valence-electron chi connectivity index (χ2n) is 7.48. The van der Waals surface area contributed by atoms with E-state index in [0.29, 0.717) is 21.7 Å². The predicted octanol–water partition coefficient (Wildman–Crippen LogP) is 1.63. The van der Waals surface area contributed by atoms with Gasteiger partial charge in [0, 0.05) is 28.7 Å². The molecule has 2 aliphatic rings. The van der Waals surface area contributed by atoms with Crippen LogP contribution in [0.15, 0.2) is 38.2 Å². The zero-order valence-corrected chi connectivity index (χ0v) is 22.8. The third-order valence-electron chi connectivity index (χ3n) is 5.10. The summed E-state index contributed by atoms with van der Waals surface area (Å²) in [6.45, 7) is 0.522. The van der Waals surface area contributed by atoms with Crippen LogP contribution in [0, 0.1) is 0 Å². The summed E-state index contributed by atoms with van der Waals surface area (Å²) in [5.41, 5.74) is 11.4. The summed E-state index contributed by atoms with van der Waals surface area (Å²) in [4.78, 5) is 47.9. The quantitative estimate of drug-likeness (QED) is 0.0868. The van der Waals surface area contributed by atoms with Crippen LogP contribution in [0.25, 0.3) is 0 Å². The van der Waals surface area contributed by atoms with E-state index >= 15 is 0 Å². The first kappa shape index (κ1) is 27.5. The lowest BCUT2D eigenvalue weighted by Crippen LogP contribution is -2.71. The number of pyridine rings is 1. The summed E-state index contributed by atoms with van der Waals surface area (Å²) in [5, 5.41) is 24.2. The molecule has 0 aliphatic carbocycles. The Bertz CT molecular complexity index is 1300. The van der Waals surface area contributed by atoms with Crippen molar-refractivity contribution in [1.82, 2.24) is 20.2 Å². The predicted molar refractivity (Wildman–Crippen MR) is 145 cm³/mol. The maximum atomic E-state index is 13.0.